The molecular formula is C21H27N3O5S2. The van der Waals surface area contributed by atoms with E-state index in [1.807, 2.05) is 30.3 Å². The smallest absolute Gasteiger partial charge is 0.273 e. The van der Waals surface area contributed by atoms with E-state index in [9.17, 15) is 18.3 Å². The van der Waals surface area contributed by atoms with Crippen molar-refractivity contribution in [3.63, 3.8) is 0 Å². The predicted molar refractivity (Wildman–Crippen MR) is 118 cm³/mol. The zero-order valence-corrected chi connectivity index (χ0v) is 19.2. The van der Waals surface area contributed by atoms with Crippen LogP contribution in [0.4, 0.5) is 0 Å². The van der Waals surface area contributed by atoms with Gasteiger partial charge in [0.25, 0.3) is 5.91 Å². The van der Waals surface area contributed by atoms with E-state index in [-0.39, 0.29) is 12.5 Å². The maximum Gasteiger partial charge on any atom is 0.273 e. The summed E-state index contributed by atoms with van der Waals surface area (Å²) in [5, 5.41) is 13.2. The molecule has 1 spiro atoms. The number of carbonyl (C=O) groups excluding carboxylic acids is 1. The van der Waals surface area contributed by atoms with Crippen LogP contribution in [0.1, 0.15) is 36.7 Å². The van der Waals surface area contributed by atoms with Crippen molar-refractivity contribution in [3.8, 4) is 10.6 Å². The number of carbonyl (C=O) groups is 1. The highest BCUT2D eigenvalue weighted by molar-refractivity contribution is 7.88. The number of hydrogen-bond acceptors (Lipinski definition) is 7. The largest absolute Gasteiger partial charge is 0.386 e. The van der Waals surface area contributed by atoms with Crippen molar-refractivity contribution < 1.29 is 23.1 Å². The molecule has 0 bridgehead atoms. The summed E-state index contributed by atoms with van der Waals surface area (Å²) in [6.07, 6.45) is 2.60. The summed E-state index contributed by atoms with van der Waals surface area (Å²) in [4.78, 5) is 19.3. The summed E-state index contributed by atoms with van der Waals surface area (Å²) in [6.45, 7) is 2.60. The number of thiazole rings is 1. The van der Waals surface area contributed by atoms with Crippen LogP contribution in [0.15, 0.2) is 35.7 Å². The van der Waals surface area contributed by atoms with Gasteiger partial charge in [0.2, 0.25) is 10.0 Å². The Morgan fingerprint density at radius 3 is 2.61 bits per heavy atom. The monoisotopic (exact) mass is 465 g/mol. The van der Waals surface area contributed by atoms with Crippen LogP contribution in [-0.2, 0) is 14.8 Å². The Morgan fingerprint density at radius 2 is 1.97 bits per heavy atom. The number of piperidine rings is 1. The minimum absolute atomic E-state index is 0.0423. The Bertz CT molecular complexity index is 1040. The molecule has 4 rings (SSSR count). The number of aromatic nitrogens is 1. The molecule has 8 nitrogen and oxygen atoms in total. The molecule has 2 aliphatic heterocycles. The molecular weight excluding hydrogens is 438 g/mol. The van der Waals surface area contributed by atoms with Crippen LogP contribution in [0.5, 0.6) is 0 Å². The van der Waals surface area contributed by atoms with Crippen molar-refractivity contribution in [2.24, 2.45) is 0 Å². The quantitative estimate of drug-likeness (QED) is 0.714. The summed E-state index contributed by atoms with van der Waals surface area (Å²) >= 11 is 1.45. The number of rotatable bonds is 4. The molecule has 1 aromatic heterocycles. The van der Waals surface area contributed by atoms with Crippen LogP contribution in [0.25, 0.3) is 10.6 Å². The van der Waals surface area contributed by atoms with E-state index in [1.54, 1.807) is 17.2 Å². The Kier molecular flexibility index (Phi) is 5.95. The lowest BCUT2D eigenvalue weighted by atomic mass is 9.78. The number of likely N-dealkylation sites (tertiary alicyclic amines) is 1. The summed E-state index contributed by atoms with van der Waals surface area (Å²) in [5.41, 5.74) is -0.422. The maximum atomic E-state index is 13.0. The molecule has 1 amide bonds. The summed E-state index contributed by atoms with van der Waals surface area (Å²) < 4.78 is 32.1. The second kappa shape index (κ2) is 8.25. The number of amides is 1. The van der Waals surface area contributed by atoms with E-state index in [0.717, 1.165) is 16.8 Å². The van der Waals surface area contributed by atoms with E-state index >= 15 is 0 Å². The van der Waals surface area contributed by atoms with E-state index < -0.39 is 27.3 Å². The van der Waals surface area contributed by atoms with Gasteiger partial charge in [-0.05, 0) is 26.2 Å². The number of aliphatic hydroxyl groups is 1. The predicted octanol–water partition coefficient (Wildman–Crippen LogP) is 1.87. The highest BCUT2D eigenvalue weighted by Crippen LogP contribution is 2.39. The number of nitrogens with zero attached hydrogens (tertiary/aromatic N) is 2. The second-order valence-corrected chi connectivity index (χ2v) is 11.3. The van der Waals surface area contributed by atoms with Gasteiger partial charge in [0, 0.05) is 24.0 Å². The SMILES string of the molecule is C[C@]1(O)COC2(CCN(C(=O)c3csc(-c4ccccc4)n3)CC2)C[C@@H]1NS(C)(=O)=O. The number of ether oxygens (including phenoxy) is 1. The first-order valence-corrected chi connectivity index (χ1v) is 13.0. The highest BCUT2D eigenvalue weighted by Gasteiger charge is 2.49. The molecule has 168 valence electrons. The first-order valence-electron chi connectivity index (χ1n) is 10.2. The van der Waals surface area contributed by atoms with Gasteiger partial charge in [0.15, 0.2) is 0 Å². The minimum atomic E-state index is -3.47. The fourth-order valence-corrected chi connectivity index (χ4v) is 5.84. The molecule has 31 heavy (non-hydrogen) atoms. The first-order chi connectivity index (χ1) is 14.6. The van der Waals surface area contributed by atoms with Gasteiger partial charge >= 0.3 is 0 Å². The van der Waals surface area contributed by atoms with Crippen LogP contribution >= 0.6 is 11.3 Å². The van der Waals surface area contributed by atoms with Crippen LogP contribution in [0.3, 0.4) is 0 Å². The molecule has 1 aromatic carbocycles. The van der Waals surface area contributed by atoms with E-state index in [1.165, 1.54) is 11.3 Å². The van der Waals surface area contributed by atoms with Crippen molar-refractivity contribution in [1.82, 2.24) is 14.6 Å². The standard InChI is InChI=1S/C21H27N3O5S2/c1-20(26)14-29-21(12-17(20)23-31(2,27)28)8-10-24(11-9-21)19(25)16-13-30-18(22-16)15-6-4-3-5-7-15/h3-7,13,17,23,26H,8-12,14H2,1-2H3/t17-,20-/m0/s1. The average molecular weight is 466 g/mol. The van der Waals surface area contributed by atoms with E-state index in [2.05, 4.69) is 9.71 Å². The third-order valence-electron chi connectivity index (χ3n) is 6.06. The third kappa shape index (κ3) is 4.98. The van der Waals surface area contributed by atoms with Crippen molar-refractivity contribution in [3.05, 3.63) is 41.4 Å². The van der Waals surface area contributed by atoms with Gasteiger partial charge in [-0.15, -0.1) is 11.3 Å². The summed E-state index contributed by atoms with van der Waals surface area (Å²) in [6, 6.07) is 9.12. The molecule has 2 saturated heterocycles. The van der Waals surface area contributed by atoms with Gasteiger partial charge in [-0.1, -0.05) is 30.3 Å². The molecule has 2 N–H and O–H groups in total. The van der Waals surface area contributed by atoms with Crippen LogP contribution < -0.4 is 4.72 Å². The molecule has 2 atom stereocenters. The lowest BCUT2D eigenvalue weighted by Crippen LogP contribution is -2.64. The van der Waals surface area contributed by atoms with Gasteiger partial charge in [0.1, 0.15) is 16.3 Å². The molecule has 2 fully saturated rings. The van der Waals surface area contributed by atoms with Crippen LogP contribution in [0.2, 0.25) is 0 Å². The zero-order chi connectivity index (χ0) is 22.3. The molecule has 10 heteroatoms. The van der Waals surface area contributed by atoms with Gasteiger partial charge < -0.3 is 14.7 Å². The molecule has 2 aromatic rings. The Hall–Kier alpha value is -1.85. The number of sulfonamides is 1. The fraction of sp³-hybridized carbons (Fsp3) is 0.524. The summed E-state index contributed by atoms with van der Waals surface area (Å²) in [7, 11) is -3.47. The van der Waals surface area contributed by atoms with Gasteiger partial charge in [-0.2, -0.15) is 0 Å². The lowest BCUT2D eigenvalue weighted by molar-refractivity contribution is -0.187. The molecule has 0 saturated carbocycles. The lowest BCUT2D eigenvalue weighted by Gasteiger charge is -2.50. The third-order valence-corrected chi connectivity index (χ3v) is 7.66. The van der Waals surface area contributed by atoms with Crippen molar-refractivity contribution in [1.29, 1.82) is 0 Å². The number of benzene rings is 1. The van der Waals surface area contributed by atoms with Crippen LogP contribution in [-0.4, -0.2) is 72.5 Å². The summed E-state index contributed by atoms with van der Waals surface area (Å²) in [5.74, 6) is -0.109. The average Bonchev–Trinajstić information content (AvgIpc) is 3.21. The number of nitrogens with one attached hydrogen (secondary N) is 1. The topological polar surface area (TPSA) is 109 Å². The van der Waals surface area contributed by atoms with E-state index in [0.29, 0.717) is 38.0 Å². The Morgan fingerprint density at radius 1 is 1.29 bits per heavy atom. The zero-order valence-electron chi connectivity index (χ0n) is 17.6. The molecule has 0 unspecified atom stereocenters. The van der Waals surface area contributed by atoms with Gasteiger partial charge in [0.05, 0.1) is 24.5 Å². The van der Waals surface area contributed by atoms with Crippen molar-refractivity contribution >= 4 is 27.3 Å². The first kappa shape index (κ1) is 22.3. The van der Waals surface area contributed by atoms with Crippen LogP contribution in [0, 0.1) is 0 Å². The molecule has 0 radical (unpaired) electrons. The second-order valence-electron chi connectivity index (χ2n) is 8.67. The van der Waals surface area contributed by atoms with Gasteiger partial charge in [-0.25, -0.2) is 18.1 Å². The number of hydrogen-bond donors (Lipinski definition) is 2. The Balaban J connectivity index is 1.41. The van der Waals surface area contributed by atoms with Gasteiger partial charge in [-0.3, -0.25) is 4.79 Å². The Labute approximate surface area is 186 Å². The minimum Gasteiger partial charge on any atom is -0.386 e. The molecule has 0 aliphatic carbocycles. The van der Waals surface area contributed by atoms with E-state index in [4.69, 9.17) is 4.74 Å². The maximum absolute atomic E-state index is 13.0. The normalized spacial score (nSPS) is 26.2. The fourth-order valence-electron chi connectivity index (χ4n) is 4.19. The van der Waals surface area contributed by atoms with Crippen molar-refractivity contribution in [2.45, 2.75) is 43.4 Å². The van der Waals surface area contributed by atoms with Crippen molar-refractivity contribution in [2.75, 3.05) is 26.0 Å². The molecule has 2 aliphatic rings. The molecule has 3 heterocycles. The highest BCUT2D eigenvalue weighted by atomic mass is 32.2.